The quantitative estimate of drug-likeness (QED) is 0.767. The molecule has 0 spiro atoms. The van der Waals surface area contributed by atoms with Crippen molar-refractivity contribution in [2.75, 3.05) is 13.7 Å². The van der Waals surface area contributed by atoms with Gasteiger partial charge in [0.2, 0.25) is 5.91 Å². The molecule has 1 aromatic rings. The van der Waals surface area contributed by atoms with Crippen molar-refractivity contribution in [2.24, 2.45) is 7.05 Å². The maximum atomic E-state index is 11.5. The minimum absolute atomic E-state index is 0.103. The third-order valence-corrected chi connectivity index (χ3v) is 2.11. The van der Waals surface area contributed by atoms with Crippen LogP contribution in [0.4, 0.5) is 0 Å². The van der Waals surface area contributed by atoms with Crippen LogP contribution in [0.15, 0.2) is 12.3 Å². The van der Waals surface area contributed by atoms with E-state index in [1.807, 2.05) is 0 Å². The molecule has 1 amide bonds. The molecule has 1 aromatic heterocycles. The van der Waals surface area contributed by atoms with Crippen LogP contribution in [0.2, 0.25) is 0 Å². The molecular formula is C11H15N3O3. The maximum Gasteiger partial charge on any atom is 0.356 e. The Kier molecular flexibility index (Phi) is 4.45. The Hall–Kier alpha value is -2.11. The van der Waals surface area contributed by atoms with Crippen LogP contribution in [0.5, 0.6) is 0 Å². The summed E-state index contributed by atoms with van der Waals surface area (Å²) in [5.41, 5.74) is 1.04. The van der Waals surface area contributed by atoms with Gasteiger partial charge in [0.25, 0.3) is 0 Å². The molecule has 1 N–H and O–H groups in total. The van der Waals surface area contributed by atoms with Gasteiger partial charge in [0, 0.05) is 26.1 Å². The van der Waals surface area contributed by atoms with Crippen molar-refractivity contribution >= 4 is 18.0 Å². The van der Waals surface area contributed by atoms with Crippen molar-refractivity contribution in [3.8, 4) is 0 Å². The van der Waals surface area contributed by atoms with Crippen molar-refractivity contribution in [3.05, 3.63) is 23.5 Å². The third-order valence-electron chi connectivity index (χ3n) is 2.11. The molecule has 6 nitrogen and oxygen atoms in total. The molecule has 6 heteroatoms. The summed E-state index contributed by atoms with van der Waals surface area (Å²) in [5, 5.41) is 6.59. The lowest BCUT2D eigenvalue weighted by Crippen LogP contribution is -2.19. The highest BCUT2D eigenvalue weighted by atomic mass is 16.5. The van der Waals surface area contributed by atoms with Crippen LogP contribution in [0.3, 0.4) is 0 Å². The van der Waals surface area contributed by atoms with Gasteiger partial charge in [0.1, 0.15) is 0 Å². The Labute approximate surface area is 99.3 Å². The van der Waals surface area contributed by atoms with E-state index in [1.165, 1.54) is 18.7 Å². The molecule has 0 aliphatic carbocycles. The van der Waals surface area contributed by atoms with Crippen molar-refractivity contribution in [1.29, 1.82) is 0 Å². The van der Waals surface area contributed by atoms with E-state index in [1.54, 1.807) is 25.4 Å². The monoisotopic (exact) mass is 237 g/mol. The van der Waals surface area contributed by atoms with E-state index in [0.717, 1.165) is 0 Å². The Morgan fingerprint density at radius 1 is 1.59 bits per heavy atom. The van der Waals surface area contributed by atoms with Gasteiger partial charge in [-0.05, 0) is 0 Å². The maximum absolute atomic E-state index is 11.5. The molecule has 0 saturated carbocycles. The van der Waals surface area contributed by atoms with Crippen LogP contribution < -0.4 is 5.32 Å². The molecule has 0 atom stereocenters. The zero-order chi connectivity index (χ0) is 12.8. The van der Waals surface area contributed by atoms with Crippen molar-refractivity contribution in [3.63, 3.8) is 0 Å². The van der Waals surface area contributed by atoms with Gasteiger partial charge < -0.3 is 10.1 Å². The lowest BCUT2D eigenvalue weighted by molar-refractivity contribution is -0.118. The van der Waals surface area contributed by atoms with Crippen LogP contribution in [-0.2, 0) is 16.6 Å². The molecule has 0 saturated heterocycles. The number of nitrogens with one attached hydrogen (secondary N) is 1. The van der Waals surface area contributed by atoms with Gasteiger partial charge in [0.05, 0.1) is 13.3 Å². The molecule has 0 radical (unpaired) electrons. The topological polar surface area (TPSA) is 73.2 Å². The molecule has 1 heterocycles. The summed E-state index contributed by atoms with van der Waals surface area (Å²) in [6.07, 6.45) is 5.02. The molecule has 0 aliphatic rings. The molecule has 0 unspecified atom stereocenters. The standard InChI is InChI=1S/C11H15N3O3/c1-8(15)12-6-4-5-9-7-13-14(2)10(9)11(16)17-3/h4-5,7H,6H2,1-3H3,(H,12,15). The lowest BCUT2D eigenvalue weighted by atomic mass is 10.2. The van der Waals surface area contributed by atoms with Crippen molar-refractivity contribution in [2.45, 2.75) is 6.92 Å². The number of ether oxygens (including phenoxy) is 1. The number of hydrogen-bond donors (Lipinski definition) is 1. The van der Waals surface area contributed by atoms with Crippen LogP contribution in [0, 0.1) is 0 Å². The number of aryl methyl sites for hydroxylation is 1. The Morgan fingerprint density at radius 3 is 2.88 bits per heavy atom. The third kappa shape index (κ3) is 3.44. The summed E-state index contributed by atoms with van der Waals surface area (Å²) in [4.78, 5) is 22.1. The summed E-state index contributed by atoms with van der Waals surface area (Å²) in [5.74, 6) is -0.543. The number of esters is 1. The van der Waals surface area contributed by atoms with E-state index < -0.39 is 5.97 Å². The summed E-state index contributed by atoms with van der Waals surface area (Å²) >= 11 is 0. The first-order chi connectivity index (χ1) is 8.06. The smallest absolute Gasteiger partial charge is 0.356 e. The summed E-state index contributed by atoms with van der Waals surface area (Å²) in [7, 11) is 2.98. The van der Waals surface area contributed by atoms with Crippen molar-refractivity contribution in [1.82, 2.24) is 15.1 Å². The van der Waals surface area contributed by atoms with Gasteiger partial charge >= 0.3 is 5.97 Å². The number of nitrogens with zero attached hydrogens (tertiary/aromatic N) is 2. The number of carbonyl (C=O) groups excluding carboxylic acids is 2. The van der Waals surface area contributed by atoms with E-state index in [4.69, 9.17) is 0 Å². The van der Waals surface area contributed by atoms with E-state index in [-0.39, 0.29) is 5.91 Å². The molecule has 0 aliphatic heterocycles. The van der Waals surface area contributed by atoms with Gasteiger partial charge in [0.15, 0.2) is 5.69 Å². The van der Waals surface area contributed by atoms with Gasteiger partial charge in [-0.2, -0.15) is 5.10 Å². The Morgan fingerprint density at radius 2 is 2.29 bits per heavy atom. The predicted octanol–water partition coefficient (Wildman–Crippen LogP) is 0.356. The summed E-state index contributed by atoms with van der Waals surface area (Å²) in [6, 6.07) is 0. The largest absolute Gasteiger partial charge is 0.464 e. The second kappa shape index (κ2) is 5.83. The first-order valence-electron chi connectivity index (χ1n) is 5.07. The number of rotatable bonds is 4. The average Bonchev–Trinajstić information content (AvgIpc) is 2.65. The SMILES string of the molecule is COC(=O)c1c(C=CCNC(C)=O)cnn1C. The van der Waals surface area contributed by atoms with Crippen LogP contribution in [0.25, 0.3) is 6.08 Å². The van der Waals surface area contributed by atoms with Gasteiger partial charge in [-0.15, -0.1) is 0 Å². The van der Waals surface area contributed by atoms with Gasteiger partial charge in [-0.25, -0.2) is 4.79 Å². The number of hydrogen-bond acceptors (Lipinski definition) is 4. The number of aromatic nitrogens is 2. The van der Waals surface area contributed by atoms with E-state index in [2.05, 4.69) is 15.2 Å². The predicted molar refractivity (Wildman–Crippen MR) is 62.3 cm³/mol. The lowest BCUT2D eigenvalue weighted by Gasteiger charge is -2.00. The highest BCUT2D eigenvalue weighted by molar-refractivity contribution is 5.91. The normalized spacial score (nSPS) is 10.5. The minimum Gasteiger partial charge on any atom is -0.464 e. The zero-order valence-electron chi connectivity index (χ0n) is 10.1. The molecule has 92 valence electrons. The minimum atomic E-state index is -0.441. The molecular weight excluding hydrogens is 222 g/mol. The first kappa shape index (κ1) is 13.0. The van der Waals surface area contributed by atoms with Crippen LogP contribution >= 0.6 is 0 Å². The fraction of sp³-hybridized carbons (Fsp3) is 0.364. The average molecular weight is 237 g/mol. The Bertz CT molecular complexity index is 449. The summed E-state index contributed by atoms with van der Waals surface area (Å²) in [6.45, 7) is 1.85. The number of amides is 1. The first-order valence-corrected chi connectivity index (χ1v) is 5.07. The van der Waals surface area contributed by atoms with Gasteiger partial charge in [-0.1, -0.05) is 12.2 Å². The fourth-order valence-corrected chi connectivity index (χ4v) is 1.31. The van der Waals surface area contributed by atoms with E-state index >= 15 is 0 Å². The second-order valence-corrected chi connectivity index (χ2v) is 3.40. The number of methoxy groups -OCH3 is 1. The Balaban J connectivity index is 2.77. The van der Waals surface area contributed by atoms with Gasteiger partial charge in [-0.3, -0.25) is 9.48 Å². The molecule has 0 fully saturated rings. The molecule has 17 heavy (non-hydrogen) atoms. The van der Waals surface area contributed by atoms with Crippen LogP contribution in [-0.4, -0.2) is 35.3 Å². The molecule has 0 aromatic carbocycles. The highest BCUT2D eigenvalue weighted by Crippen LogP contribution is 2.10. The highest BCUT2D eigenvalue weighted by Gasteiger charge is 2.14. The fourth-order valence-electron chi connectivity index (χ4n) is 1.31. The molecule has 0 bridgehead atoms. The molecule has 1 rings (SSSR count). The summed E-state index contributed by atoms with van der Waals surface area (Å²) < 4.78 is 6.11. The number of carbonyl (C=O) groups is 2. The second-order valence-electron chi connectivity index (χ2n) is 3.40. The van der Waals surface area contributed by atoms with Crippen LogP contribution in [0.1, 0.15) is 23.0 Å². The zero-order valence-corrected chi connectivity index (χ0v) is 10.1. The van der Waals surface area contributed by atoms with E-state index in [0.29, 0.717) is 17.8 Å². The van der Waals surface area contributed by atoms with Crippen molar-refractivity contribution < 1.29 is 14.3 Å². The van der Waals surface area contributed by atoms with E-state index in [9.17, 15) is 9.59 Å².